The number of H-pyrrole nitrogens is 1. The smallest absolute Gasteiger partial charge is 0.323 e. The molecule has 1 aromatic heterocycles. The minimum absolute atomic E-state index is 0.0704. The van der Waals surface area contributed by atoms with Gasteiger partial charge in [0.1, 0.15) is 6.54 Å². The van der Waals surface area contributed by atoms with E-state index in [1.165, 1.54) is 4.90 Å². The Bertz CT molecular complexity index is 645. The summed E-state index contributed by atoms with van der Waals surface area (Å²) in [5, 5.41) is 16.5. The van der Waals surface area contributed by atoms with E-state index in [0.29, 0.717) is 5.56 Å². The zero-order valence-corrected chi connectivity index (χ0v) is 10.2. The highest BCUT2D eigenvalue weighted by molar-refractivity contribution is 5.99. The molecule has 1 fully saturated rings. The van der Waals surface area contributed by atoms with Gasteiger partial charge >= 0.3 is 5.97 Å². The number of carbonyl (C=O) groups is 2. The maximum absolute atomic E-state index is 12.4. The van der Waals surface area contributed by atoms with Crippen molar-refractivity contribution in [2.24, 2.45) is 0 Å². The van der Waals surface area contributed by atoms with Gasteiger partial charge in [0.05, 0.1) is 11.7 Å². The molecule has 1 aliphatic carbocycles. The van der Waals surface area contributed by atoms with Crippen LogP contribution in [0.15, 0.2) is 24.4 Å². The van der Waals surface area contributed by atoms with Crippen molar-refractivity contribution in [3.05, 3.63) is 30.0 Å². The number of aromatic amines is 1. The second-order valence-corrected chi connectivity index (χ2v) is 4.73. The molecule has 2 N–H and O–H groups in total. The fourth-order valence-corrected chi connectivity index (χ4v) is 2.13. The minimum Gasteiger partial charge on any atom is -0.480 e. The Labute approximate surface area is 109 Å². The molecule has 0 saturated heterocycles. The largest absolute Gasteiger partial charge is 0.480 e. The average Bonchev–Trinajstić information content (AvgIpc) is 3.12. The maximum atomic E-state index is 12.4. The third-order valence-electron chi connectivity index (χ3n) is 3.24. The van der Waals surface area contributed by atoms with E-state index >= 15 is 0 Å². The van der Waals surface area contributed by atoms with E-state index in [-0.39, 0.29) is 18.5 Å². The molecule has 1 aliphatic rings. The van der Waals surface area contributed by atoms with Gasteiger partial charge in [0.2, 0.25) is 0 Å². The predicted molar refractivity (Wildman–Crippen MR) is 67.8 cm³/mol. The van der Waals surface area contributed by atoms with Gasteiger partial charge in [-0.1, -0.05) is 6.07 Å². The Morgan fingerprint density at radius 1 is 1.42 bits per heavy atom. The zero-order valence-electron chi connectivity index (χ0n) is 10.2. The van der Waals surface area contributed by atoms with E-state index in [0.717, 1.165) is 23.7 Å². The van der Waals surface area contributed by atoms with Crippen LogP contribution in [0, 0.1) is 0 Å². The van der Waals surface area contributed by atoms with Crippen molar-refractivity contribution in [3.8, 4) is 0 Å². The van der Waals surface area contributed by atoms with Crippen LogP contribution in [0.4, 0.5) is 0 Å². The van der Waals surface area contributed by atoms with E-state index in [1.54, 1.807) is 24.4 Å². The second kappa shape index (κ2) is 4.38. The summed E-state index contributed by atoms with van der Waals surface area (Å²) in [5.74, 6) is -1.22. The number of hydrogen-bond acceptors (Lipinski definition) is 3. The number of nitrogens with zero attached hydrogens (tertiary/aromatic N) is 2. The first-order valence-electron chi connectivity index (χ1n) is 6.11. The minimum atomic E-state index is -0.983. The van der Waals surface area contributed by atoms with E-state index in [1.807, 2.05) is 0 Å². The second-order valence-electron chi connectivity index (χ2n) is 4.73. The van der Waals surface area contributed by atoms with Crippen LogP contribution < -0.4 is 0 Å². The van der Waals surface area contributed by atoms with Crippen LogP contribution in [0.3, 0.4) is 0 Å². The number of benzene rings is 1. The number of aromatic nitrogens is 2. The van der Waals surface area contributed by atoms with Crippen LogP contribution in [-0.4, -0.2) is 44.7 Å². The summed E-state index contributed by atoms with van der Waals surface area (Å²) in [7, 11) is 0. The maximum Gasteiger partial charge on any atom is 0.323 e. The van der Waals surface area contributed by atoms with Gasteiger partial charge in [-0.3, -0.25) is 14.7 Å². The first-order valence-corrected chi connectivity index (χ1v) is 6.11. The molecule has 0 unspecified atom stereocenters. The highest BCUT2D eigenvalue weighted by Gasteiger charge is 2.34. The van der Waals surface area contributed by atoms with E-state index < -0.39 is 5.97 Å². The predicted octanol–water partition coefficient (Wildman–Crippen LogP) is 1.25. The summed E-state index contributed by atoms with van der Waals surface area (Å²) < 4.78 is 0. The van der Waals surface area contributed by atoms with Crippen molar-refractivity contribution in [2.45, 2.75) is 18.9 Å². The molecule has 1 heterocycles. The number of carboxylic acids is 1. The Morgan fingerprint density at radius 3 is 2.89 bits per heavy atom. The Hall–Kier alpha value is -2.37. The normalized spacial score (nSPS) is 14.5. The lowest BCUT2D eigenvalue weighted by Gasteiger charge is -2.20. The molecule has 0 atom stereocenters. The third kappa shape index (κ3) is 2.29. The average molecular weight is 259 g/mol. The van der Waals surface area contributed by atoms with Gasteiger partial charge in [0.15, 0.2) is 0 Å². The standard InChI is InChI=1S/C13H13N3O3/c17-12(18)7-16(10-3-4-10)13(19)8-1-2-9-6-14-15-11(9)5-8/h1-2,5-6,10H,3-4,7H2,(H,14,15)(H,17,18). The van der Waals surface area contributed by atoms with Crippen molar-refractivity contribution < 1.29 is 14.7 Å². The molecule has 0 spiro atoms. The molecule has 6 nitrogen and oxygen atoms in total. The molecular weight excluding hydrogens is 246 g/mol. The molecular formula is C13H13N3O3. The van der Waals surface area contributed by atoms with E-state index in [4.69, 9.17) is 5.11 Å². The fourth-order valence-electron chi connectivity index (χ4n) is 2.13. The van der Waals surface area contributed by atoms with Crippen molar-refractivity contribution in [3.63, 3.8) is 0 Å². The van der Waals surface area contributed by atoms with Gasteiger partial charge in [-0.25, -0.2) is 0 Å². The molecule has 3 rings (SSSR count). The zero-order chi connectivity index (χ0) is 13.4. The van der Waals surface area contributed by atoms with Crippen LogP contribution in [-0.2, 0) is 4.79 Å². The van der Waals surface area contributed by atoms with Gasteiger partial charge in [-0.15, -0.1) is 0 Å². The number of amides is 1. The monoisotopic (exact) mass is 259 g/mol. The molecule has 1 saturated carbocycles. The van der Waals surface area contributed by atoms with Crippen LogP contribution in [0.25, 0.3) is 10.9 Å². The lowest BCUT2D eigenvalue weighted by molar-refractivity contribution is -0.137. The summed E-state index contributed by atoms with van der Waals surface area (Å²) in [6, 6.07) is 5.29. The number of aliphatic carboxylic acids is 1. The number of rotatable bonds is 4. The van der Waals surface area contributed by atoms with Crippen molar-refractivity contribution in [1.29, 1.82) is 0 Å². The Morgan fingerprint density at radius 2 is 2.21 bits per heavy atom. The van der Waals surface area contributed by atoms with Gasteiger partial charge in [-0.05, 0) is 25.0 Å². The summed E-state index contributed by atoms with van der Waals surface area (Å²) in [6.45, 7) is -0.246. The summed E-state index contributed by atoms with van der Waals surface area (Å²) in [5.41, 5.74) is 1.27. The molecule has 1 aromatic carbocycles. The van der Waals surface area contributed by atoms with Gasteiger partial charge in [0.25, 0.3) is 5.91 Å². The van der Waals surface area contributed by atoms with Crippen molar-refractivity contribution in [2.75, 3.05) is 6.54 Å². The van der Waals surface area contributed by atoms with Crippen LogP contribution in [0.2, 0.25) is 0 Å². The molecule has 0 bridgehead atoms. The summed E-state index contributed by atoms with van der Waals surface area (Å²) >= 11 is 0. The highest BCUT2D eigenvalue weighted by atomic mass is 16.4. The van der Waals surface area contributed by atoms with Crippen molar-refractivity contribution >= 4 is 22.8 Å². The van der Waals surface area contributed by atoms with Crippen LogP contribution >= 0.6 is 0 Å². The topological polar surface area (TPSA) is 86.3 Å². The number of carbonyl (C=O) groups excluding carboxylic acids is 1. The van der Waals surface area contributed by atoms with E-state index in [9.17, 15) is 9.59 Å². The van der Waals surface area contributed by atoms with Gasteiger partial charge in [-0.2, -0.15) is 5.10 Å². The van der Waals surface area contributed by atoms with E-state index in [2.05, 4.69) is 10.2 Å². The number of nitrogens with one attached hydrogen (secondary N) is 1. The van der Waals surface area contributed by atoms with Gasteiger partial charge in [0, 0.05) is 17.0 Å². The van der Waals surface area contributed by atoms with Crippen molar-refractivity contribution in [1.82, 2.24) is 15.1 Å². The molecule has 98 valence electrons. The molecule has 1 amide bonds. The molecule has 0 radical (unpaired) electrons. The summed E-state index contributed by atoms with van der Waals surface area (Å²) in [6.07, 6.45) is 3.44. The highest BCUT2D eigenvalue weighted by Crippen LogP contribution is 2.28. The first-order chi connectivity index (χ1) is 9.15. The quantitative estimate of drug-likeness (QED) is 0.865. The van der Waals surface area contributed by atoms with Crippen LogP contribution in [0.5, 0.6) is 0 Å². The Balaban J connectivity index is 1.89. The molecule has 19 heavy (non-hydrogen) atoms. The molecule has 2 aromatic rings. The first kappa shape index (κ1) is 11.7. The van der Waals surface area contributed by atoms with Crippen LogP contribution in [0.1, 0.15) is 23.2 Å². The lowest BCUT2D eigenvalue weighted by Crippen LogP contribution is -2.37. The molecule has 0 aliphatic heterocycles. The SMILES string of the molecule is O=C(O)CN(C(=O)c1ccc2cn[nH]c2c1)C1CC1. The lowest BCUT2D eigenvalue weighted by atomic mass is 10.1. The fraction of sp³-hybridized carbons (Fsp3) is 0.308. The Kier molecular flexibility index (Phi) is 2.70. The number of fused-ring (bicyclic) bond motifs is 1. The number of hydrogen-bond donors (Lipinski definition) is 2. The summed E-state index contributed by atoms with van der Waals surface area (Å²) in [4.78, 5) is 24.6. The molecule has 6 heteroatoms. The van der Waals surface area contributed by atoms with Gasteiger partial charge < -0.3 is 10.0 Å². The third-order valence-corrected chi connectivity index (χ3v) is 3.24. The number of carboxylic acid groups (broad SMARTS) is 1.